The van der Waals surface area contributed by atoms with E-state index in [1.54, 1.807) is 17.5 Å². The van der Waals surface area contributed by atoms with Crippen LogP contribution in [0, 0.1) is 20.8 Å². The third-order valence-electron chi connectivity index (χ3n) is 4.71. The van der Waals surface area contributed by atoms with Crippen LogP contribution in [0.1, 0.15) is 16.8 Å². The monoisotopic (exact) mass is 401 g/mol. The van der Waals surface area contributed by atoms with Crippen LogP contribution >= 0.6 is 11.3 Å². The fourth-order valence-electron chi connectivity index (χ4n) is 3.20. The van der Waals surface area contributed by atoms with Crippen LogP contribution in [-0.4, -0.2) is 22.0 Å². The van der Waals surface area contributed by atoms with Gasteiger partial charge in [0, 0.05) is 24.6 Å². The molecule has 2 aromatic carbocycles. The van der Waals surface area contributed by atoms with Crippen LogP contribution in [0.25, 0.3) is 10.6 Å². The number of nitrogens with zero attached hydrogens (tertiary/aromatic N) is 4. The first-order chi connectivity index (χ1) is 14.0. The molecule has 0 amide bonds. The highest BCUT2D eigenvalue weighted by Gasteiger charge is 2.16. The van der Waals surface area contributed by atoms with Gasteiger partial charge in [-0.3, -0.25) is 0 Å². The molecular weight excluding hydrogens is 378 g/mol. The minimum atomic E-state index is 0.578. The van der Waals surface area contributed by atoms with E-state index in [1.165, 1.54) is 11.1 Å². The summed E-state index contributed by atoms with van der Waals surface area (Å²) in [4.78, 5) is 17.1. The number of aryl methyl sites for hydroxylation is 3. The molecule has 29 heavy (non-hydrogen) atoms. The lowest BCUT2D eigenvalue weighted by atomic mass is 10.2. The minimum Gasteiger partial charge on any atom is -0.324 e. The van der Waals surface area contributed by atoms with Crippen LogP contribution in [-0.2, 0) is 0 Å². The van der Waals surface area contributed by atoms with Crippen LogP contribution < -0.4 is 10.2 Å². The van der Waals surface area contributed by atoms with E-state index in [0.29, 0.717) is 5.95 Å². The zero-order valence-electron chi connectivity index (χ0n) is 17.0. The number of rotatable bonds is 5. The zero-order chi connectivity index (χ0) is 20.4. The number of hydrogen-bond acceptors (Lipinski definition) is 6. The van der Waals surface area contributed by atoms with Crippen molar-refractivity contribution in [3.63, 3.8) is 0 Å². The van der Waals surface area contributed by atoms with Crippen molar-refractivity contribution in [2.45, 2.75) is 20.8 Å². The summed E-state index contributed by atoms with van der Waals surface area (Å²) in [5.74, 6) is 0.578. The average Bonchev–Trinajstić information content (AvgIpc) is 3.10. The normalized spacial score (nSPS) is 10.8. The van der Waals surface area contributed by atoms with Crippen molar-refractivity contribution in [2.24, 2.45) is 0 Å². The van der Waals surface area contributed by atoms with Gasteiger partial charge in [-0.15, -0.1) is 0 Å². The lowest BCUT2D eigenvalue weighted by Crippen LogP contribution is -2.10. The molecule has 2 heterocycles. The van der Waals surface area contributed by atoms with Crippen LogP contribution in [0.2, 0.25) is 0 Å². The van der Waals surface area contributed by atoms with E-state index in [9.17, 15) is 0 Å². The molecule has 0 aliphatic rings. The van der Waals surface area contributed by atoms with E-state index in [2.05, 4.69) is 66.4 Å². The molecule has 1 N–H and O–H groups in total. The molecule has 0 saturated heterocycles. The predicted molar refractivity (Wildman–Crippen MR) is 122 cm³/mol. The molecule has 0 bridgehead atoms. The molecule has 0 saturated carbocycles. The van der Waals surface area contributed by atoms with Gasteiger partial charge in [0.25, 0.3) is 0 Å². The second-order valence-electron chi connectivity index (χ2n) is 7.02. The van der Waals surface area contributed by atoms with Crippen molar-refractivity contribution in [2.75, 3.05) is 17.3 Å². The van der Waals surface area contributed by atoms with Crippen molar-refractivity contribution in [1.29, 1.82) is 0 Å². The second-order valence-corrected chi connectivity index (χ2v) is 7.99. The Labute approximate surface area is 175 Å². The molecule has 0 atom stereocenters. The molecule has 146 valence electrons. The van der Waals surface area contributed by atoms with Crippen LogP contribution in [0.15, 0.2) is 60.8 Å². The SMILES string of the molecule is Cc1cccc(Nc2nccc(-c3sc(N(C)c4ccccc4C)nc3C)n2)c1. The summed E-state index contributed by atoms with van der Waals surface area (Å²) in [5, 5.41) is 4.23. The Balaban J connectivity index is 1.63. The lowest BCUT2D eigenvalue weighted by molar-refractivity contribution is 1.12. The van der Waals surface area contributed by atoms with Crippen molar-refractivity contribution in [1.82, 2.24) is 15.0 Å². The van der Waals surface area contributed by atoms with Gasteiger partial charge in [-0.2, -0.15) is 0 Å². The first-order valence-electron chi connectivity index (χ1n) is 9.45. The average molecular weight is 402 g/mol. The Bertz CT molecular complexity index is 1150. The third-order valence-corrected chi connectivity index (χ3v) is 5.97. The number of thiazole rings is 1. The van der Waals surface area contributed by atoms with Crippen molar-refractivity contribution in [3.8, 4) is 10.6 Å². The summed E-state index contributed by atoms with van der Waals surface area (Å²) in [5.41, 5.74) is 6.37. The van der Waals surface area contributed by atoms with E-state index in [0.717, 1.165) is 32.8 Å². The quantitative estimate of drug-likeness (QED) is 0.442. The summed E-state index contributed by atoms with van der Waals surface area (Å²) >= 11 is 1.64. The maximum Gasteiger partial charge on any atom is 0.227 e. The number of para-hydroxylation sites is 1. The van der Waals surface area contributed by atoms with Gasteiger partial charge >= 0.3 is 0 Å². The largest absolute Gasteiger partial charge is 0.324 e. The Hall–Kier alpha value is -3.25. The van der Waals surface area contributed by atoms with Gasteiger partial charge in [-0.1, -0.05) is 41.7 Å². The number of anilines is 4. The van der Waals surface area contributed by atoms with Crippen molar-refractivity contribution in [3.05, 3.63) is 77.6 Å². The topological polar surface area (TPSA) is 53.9 Å². The minimum absolute atomic E-state index is 0.578. The van der Waals surface area contributed by atoms with Gasteiger partial charge in [-0.25, -0.2) is 15.0 Å². The number of nitrogens with one attached hydrogen (secondary N) is 1. The Morgan fingerprint density at radius 3 is 2.55 bits per heavy atom. The first-order valence-corrected chi connectivity index (χ1v) is 10.3. The standard InChI is InChI=1S/C23H23N5S/c1-15-8-7-10-18(14-15)26-22-24-13-12-19(27-22)21-17(3)25-23(29-21)28(4)20-11-6-5-9-16(20)2/h5-14H,1-4H3,(H,24,26,27). The van der Waals surface area contributed by atoms with Gasteiger partial charge in [0.15, 0.2) is 5.13 Å². The van der Waals surface area contributed by atoms with Crippen LogP contribution in [0.4, 0.5) is 22.5 Å². The van der Waals surface area contributed by atoms with E-state index >= 15 is 0 Å². The fourth-order valence-corrected chi connectivity index (χ4v) is 4.22. The summed E-state index contributed by atoms with van der Waals surface area (Å²) in [6.45, 7) is 6.20. The summed E-state index contributed by atoms with van der Waals surface area (Å²) in [7, 11) is 2.05. The molecule has 0 unspecified atom stereocenters. The first kappa shape index (κ1) is 19.1. The van der Waals surface area contributed by atoms with Gasteiger partial charge in [0.2, 0.25) is 5.95 Å². The van der Waals surface area contributed by atoms with E-state index < -0.39 is 0 Å². The zero-order valence-corrected chi connectivity index (χ0v) is 17.8. The van der Waals surface area contributed by atoms with E-state index in [4.69, 9.17) is 9.97 Å². The predicted octanol–water partition coefficient (Wildman–Crippen LogP) is 6.04. The number of aromatic nitrogens is 3. The second kappa shape index (κ2) is 8.01. The highest BCUT2D eigenvalue weighted by atomic mass is 32.1. The maximum absolute atomic E-state index is 4.79. The molecule has 0 spiro atoms. The Kier molecular flexibility index (Phi) is 5.27. The van der Waals surface area contributed by atoms with Gasteiger partial charge < -0.3 is 10.2 Å². The van der Waals surface area contributed by atoms with Crippen LogP contribution in [0.3, 0.4) is 0 Å². The summed E-state index contributed by atoms with van der Waals surface area (Å²) in [6, 6.07) is 18.4. The smallest absolute Gasteiger partial charge is 0.227 e. The van der Waals surface area contributed by atoms with Crippen LogP contribution in [0.5, 0.6) is 0 Å². The Morgan fingerprint density at radius 2 is 1.76 bits per heavy atom. The van der Waals surface area contributed by atoms with Gasteiger partial charge in [-0.05, 0) is 56.2 Å². The third kappa shape index (κ3) is 4.12. The molecule has 4 rings (SSSR count). The fraction of sp³-hybridized carbons (Fsp3) is 0.174. The highest BCUT2D eigenvalue weighted by Crippen LogP contribution is 2.36. The molecule has 0 aliphatic heterocycles. The van der Waals surface area contributed by atoms with Crippen molar-refractivity contribution < 1.29 is 0 Å². The molecule has 4 aromatic rings. The molecule has 5 nitrogen and oxygen atoms in total. The molecular formula is C23H23N5S. The summed E-state index contributed by atoms with van der Waals surface area (Å²) in [6.07, 6.45) is 1.78. The summed E-state index contributed by atoms with van der Waals surface area (Å²) < 4.78 is 0. The molecule has 0 aliphatic carbocycles. The maximum atomic E-state index is 4.79. The van der Waals surface area contributed by atoms with Crippen molar-refractivity contribution >= 4 is 33.8 Å². The molecule has 0 fully saturated rings. The van der Waals surface area contributed by atoms with E-state index in [1.807, 2.05) is 31.2 Å². The number of hydrogen-bond donors (Lipinski definition) is 1. The Morgan fingerprint density at radius 1 is 0.931 bits per heavy atom. The molecule has 2 aromatic heterocycles. The van der Waals surface area contributed by atoms with Gasteiger partial charge in [0.05, 0.1) is 16.3 Å². The highest BCUT2D eigenvalue weighted by molar-refractivity contribution is 7.19. The van der Waals surface area contributed by atoms with Gasteiger partial charge in [0.1, 0.15) is 0 Å². The molecule has 0 radical (unpaired) electrons. The lowest BCUT2D eigenvalue weighted by Gasteiger charge is -2.18. The number of benzene rings is 2. The van der Waals surface area contributed by atoms with E-state index in [-0.39, 0.29) is 0 Å². The molecule has 6 heteroatoms.